The minimum atomic E-state index is -0.352. The van der Waals surface area contributed by atoms with Crippen molar-refractivity contribution < 1.29 is 23.8 Å². The fourth-order valence-electron chi connectivity index (χ4n) is 5.94. The quantitative estimate of drug-likeness (QED) is 0.548. The second-order valence-electron chi connectivity index (χ2n) is 10.6. The Morgan fingerprint density at radius 1 is 1.19 bits per heavy atom. The van der Waals surface area contributed by atoms with E-state index in [1.54, 1.807) is 0 Å². The lowest BCUT2D eigenvalue weighted by molar-refractivity contribution is -0.198. The molecule has 4 bridgehead atoms. The summed E-state index contributed by atoms with van der Waals surface area (Å²) in [6, 6.07) is 0. The van der Waals surface area contributed by atoms with Crippen LogP contribution < -0.4 is 0 Å². The fraction of sp³-hybridized carbons (Fsp3) is 0.905. The van der Waals surface area contributed by atoms with Crippen LogP contribution in [0.5, 0.6) is 0 Å². The molecule has 0 N–H and O–H groups in total. The Hall–Kier alpha value is -1.10. The number of rotatable bonds is 5. The Labute approximate surface area is 156 Å². The van der Waals surface area contributed by atoms with Crippen molar-refractivity contribution in [2.75, 3.05) is 6.79 Å². The summed E-state index contributed by atoms with van der Waals surface area (Å²) in [5.41, 5.74) is -0.589. The van der Waals surface area contributed by atoms with Crippen molar-refractivity contribution in [3.8, 4) is 0 Å². The zero-order valence-corrected chi connectivity index (χ0v) is 16.5. The first-order valence-electron chi connectivity index (χ1n) is 10.1. The predicted octanol–water partition coefficient (Wildman–Crippen LogP) is 3.84. The normalized spacial score (nSPS) is 43.8. The molecule has 2 aliphatic heterocycles. The van der Waals surface area contributed by atoms with Crippen molar-refractivity contribution in [3.05, 3.63) is 0 Å². The Morgan fingerprint density at radius 2 is 1.92 bits per heavy atom. The maximum atomic E-state index is 12.7. The zero-order valence-electron chi connectivity index (χ0n) is 16.5. The van der Waals surface area contributed by atoms with Gasteiger partial charge in [-0.15, -0.1) is 0 Å². The van der Waals surface area contributed by atoms with Crippen molar-refractivity contribution in [3.63, 3.8) is 0 Å². The Bertz CT molecular complexity index is 608. The third kappa shape index (κ3) is 3.28. The Balaban J connectivity index is 1.36. The van der Waals surface area contributed by atoms with Gasteiger partial charge in [-0.25, -0.2) is 0 Å². The molecule has 5 rings (SSSR count). The molecule has 3 saturated carbocycles. The SMILES string of the molecule is CC1CC1(CC(C)(C)C)C(=O)OCOC12CC3CC(C1)OC(=O)C(C3)C2. The van der Waals surface area contributed by atoms with Gasteiger partial charge >= 0.3 is 11.9 Å². The van der Waals surface area contributed by atoms with Crippen molar-refractivity contribution in [1.29, 1.82) is 0 Å². The van der Waals surface area contributed by atoms with Gasteiger partial charge in [-0.05, 0) is 55.8 Å². The summed E-state index contributed by atoms with van der Waals surface area (Å²) in [6.07, 6.45) is 6.01. The smallest absolute Gasteiger partial charge is 0.314 e. The molecular formula is C21H32O5. The van der Waals surface area contributed by atoms with Crippen LogP contribution in [0.1, 0.15) is 72.6 Å². The van der Waals surface area contributed by atoms with Crippen LogP contribution in [0.25, 0.3) is 0 Å². The van der Waals surface area contributed by atoms with E-state index >= 15 is 0 Å². The second kappa shape index (κ2) is 5.95. The highest BCUT2D eigenvalue weighted by Gasteiger charge is 2.60. The van der Waals surface area contributed by atoms with Crippen LogP contribution in [0.2, 0.25) is 0 Å². The van der Waals surface area contributed by atoms with Crippen LogP contribution in [-0.4, -0.2) is 30.4 Å². The molecule has 26 heavy (non-hydrogen) atoms. The highest BCUT2D eigenvalue weighted by Crippen LogP contribution is 2.59. The summed E-state index contributed by atoms with van der Waals surface area (Å²) in [4.78, 5) is 24.9. The molecule has 0 aromatic heterocycles. The van der Waals surface area contributed by atoms with E-state index in [2.05, 4.69) is 27.7 Å². The first kappa shape index (κ1) is 18.3. The van der Waals surface area contributed by atoms with Gasteiger partial charge in [0, 0.05) is 6.42 Å². The number of carbonyl (C=O) groups is 2. The molecule has 5 heteroatoms. The molecular weight excluding hydrogens is 332 g/mol. The molecule has 2 heterocycles. The summed E-state index contributed by atoms with van der Waals surface area (Å²) >= 11 is 0. The lowest BCUT2D eigenvalue weighted by Gasteiger charge is -2.45. The Morgan fingerprint density at radius 3 is 2.58 bits per heavy atom. The molecule has 5 aliphatic rings. The van der Waals surface area contributed by atoms with Gasteiger partial charge in [0.2, 0.25) is 0 Å². The molecule has 0 radical (unpaired) electrons. The van der Waals surface area contributed by atoms with Gasteiger partial charge in [-0.1, -0.05) is 27.7 Å². The van der Waals surface area contributed by atoms with E-state index in [9.17, 15) is 9.59 Å². The summed E-state index contributed by atoms with van der Waals surface area (Å²) in [7, 11) is 0. The third-order valence-corrected chi connectivity index (χ3v) is 6.97. The largest absolute Gasteiger partial charge is 0.462 e. The summed E-state index contributed by atoms with van der Waals surface area (Å²) < 4.78 is 17.4. The topological polar surface area (TPSA) is 61.8 Å². The molecule has 146 valence electrons. The van der Waals surface area contributed by atoms with Crippen LogP contribution in [0.4, 0.5) is 0 Å². The van der Waals surface area contributed by atoms with Gasteiger partial charge in [0.05, 0.1) is 16.9 Å². The molecule has 5 fully saturated rings. The molecule has 0 amide bonds. The highest BCUT2D eigenvalue weighted by molar-refractivity contribution is 5.80. The van der Waals surface area contributed by atoms with E-state index in [1.807, 2.05) is 0 Å². The number of carbonyl (C=O) groups excluding carboxylic acids is 2. The molecule has 2 saturated heterocycles. The van der Waals surface area contributed by atoms with Gasteiger partial charge < -0.3 is 14.2 Å². The van der Waals surface area contributed by atoms with E-state index in [-0.39, 0.29) is 47.2 Å². The van der Waals surface area contributed by atoms with Gasteiger partial charge in [0.25, 0.3) is 0 Å². The van der Waals surface area contributed by atoms with E-state index in [0.29, 0.717) is 18.3 Å². The molecule has 5 nitrogen and oxygen atoms in total. The number of ether oxygens (including phenoxy) is 3. The van der Waals surface area contributed by atoms with E-state index in [0.717, 1.165) is 38.5 Å². The summed E-state index contributed by atoms with van der Waals surface area (Å²) in [6.45, 7) is 8.62. The van der Waals surface area contributed by atoms with E-state index in [4.69, 9.17) is 14.2 Å². The van der Waals surface area contributed by atoms with E-state index < -0.39 is 0 Å². The van der Waals surface area contributed by atoms with Crippen LogP contribution in [0.15, 0.2) is 0 Å². The molecule has 0 aromatic rings. The van der Waals surface area contributed by atoms with Crippen LogP contribution in [0, 0.1) is 28.6 Å². The minimum Gasteiger partial charge on any atom is -0.462 e. The first-order valence-corrected chi connectivity index (χ1v) is 10.1. The van der Waals surface area contributed by atoms with Gasteiger partial charge in [0.1, 0.15) is 6.10 Å². The van der Waals surface area contributed by atoms with Crippen LogP contribution >= 0.6 is 0 Å². The predicted molar refractivity (Wildman–Crippen MR) is 95.0 cm³/mol. The van der Waals surface area contributed by atoms with Crippen molar-refractivity contribution in [2.24, 2.45) is 28.6 Å². The minimum absolute atomic E-state index is 0.00219. The zero-order chi connectivity index (χ0) is 18.7. The maximum absolute atomic E-state index is 12.7. The highest BCUT2D eigenvalue weighted by atomic mass is 16.7. The van der Waals surface area contributed by atoms with Crippen LogP contribution in [-0.2, 0) is 23.8 Å². The van der Waals surface area contributed by atoms with Crippen molar-refractivity contribution in [2.45, 2.75) is 84.3 Å². The molecule has 0 aromatic carbocycles. The monoisotopic (exact) mass is 364 g/mol. The number of fused-ring (bicyclic) bond motifs is 1. The molecule has 6 atom stereocenters. The van der Waals surface area contributed by atoms with E-state index in [1.165, 1.54) is 0 Å². The van der Waals surface area contributed by atoms with Crippen molar-refractivity contribution >= 4 is 11.9 Å². The second-order valence-corrected chi connectivity index (χ2v) is 10.6. The van der Waals surface area contributed by atoms with Crippen LogP contribution in [0.3, 0.4) is 0 Å². The molecule has 3 aliphatic carbocycles. The maximum Gasteiger partial charge on any atom is 0.314 e. The van der Waals surface area contributed by atoms with Gasteiger partial charge in [-0.3, -0.25) is 9.59 Å². The number of hydrogen-bond acceptors (Lipinski definition) is 5. The lowest BCUT2D eigenvalue weighted by Crippen LogP contribution is -2.47. The molecule has 0 spiro atoms. The lowest BCUT2D eigenvalue weighted by atomic mass is 9.65. The summed E-state index contributed by atoms with van der Waals surface area (Å²) in [5, 5.41) is 0. The standard InChI is InChI=1S/C21H32O5/c1-13-7-21(13,11-19(2,3)4)18(23)24-12-25-20-8-14-5-15(9-20)17(22)26-16(6-14)10-20/h13-16H,5-12H2,1-4H3. The van der Waals surface area contributed by atoms with Gasteiger partial charge in [0.15, 0.2) is 6.79 Å². The Kier molecular flexibility index (Phi) is 4.18. The van der Waals surface area contributed by atoms with Gasteiger partial charge in [-0.2, -0.15) is 0 Å². The summed E-state index contributed by atoms with van der Waals surface area (Å²) in [5.74, 6) is 0.645. The number of hydrogen-bond donors (Lipinski definition) is 0. The first-order chi connectivity index (χ1) is 12.1. The fourth-order valence-corrected chi connectivity index (χ4v) is 5.94. The molecule has 6 unspecified atom stereocenters. The average Bonchev–Trinajstić information content (AvgIpc) is 3.17. The average molecular weight is 364 g/mol. The third-order valence-electron chi connectivity index (χ3n) is 6.97. The number of esters is 2. The van der Waals surface area contributed by atoms with Crippen molar-refractivity contribution in [1.82, 2.24) is 0 Å².